The maximum atomic E-state index is 2.46. The third kappa shape index (κ3) is 6.07. The molecule has 0 radical (unpaired) electrons. The molecule has 0 spiro atoms. The number of hydrogen-bond acceptors (Lipinski definition) is 2. The van der Waals surface area contributed by atoms with Crippen LogP contribution < -0.4 is 4.90 Å². The highest BCUT2D eigenvalue weighted by Gasteiger charge is 2.36. The maximum absolute atomic E-state index is 2.46. The zero-order chi connectivity index (χ0) is 39.5. The number of hydrogen-bond donors (Lipinski definition) is 0. The van der Waals surface area contributed by atoms with Crippen LogP contribution >= 0.6 is 11.3 Å². The lowest BCUT2D eigenvalue weighted by Gasteiger charge is -2.30. The fourth-order valence-corrected chi connectivity index (χ4v) is 10.3. The highest BCUT2D eigenvalue weighted by atomic mass is 32.1. The Morgan fingerprint density at radius 2 is 0.864 bits per heavy atom. The van der Waals surface area contributed by atoms with E-state index in [-0.39, 0.29) is 5.41 Å². The van der Waals surface area contributed by atoms with E-state index in [9.17, 15) is 0 Å². The van der Waals surface area contributed by atoms with Crippen molar-refractivity contribution in [1.29, 1.82) is 0 Å². The van der Waals surface area contributed by atoms with Crippen molar-refractivity contribution in [2.75, 3.05) is 4.90 Å². The van der Waals surface area contributed by atoms with E-state index in [0.717, 1.165) is 17.1 Å². The summed E-state index contributed by atoms with van der Waals surface area (Å²) >= 11 is 1.86. The predicted molar refractivity (Wildman–Crippen MR) is 253 cm³/mol. The summed E-state index contributed by atoms with van der Waals surface area (Å²) in [4.78, 5) is 2.46. The van der Waals surface area contributed by atoms with Crippen molar-refractivity contribution in [2.24, 2.45) is 0 Å². The second kappa shape index (κ2) is 14.1. The molecule has 280 valence electrons. The first-order valence-corrected chi connectivity index (χ1v) is 21.2. The van der Waals surface area contributed by atoms with E-state index < -0.39 is 0 Å². The average molecular weight is 772 g/mol. The topological polar surface area (TPSA) is 3.24 Å². The van der Waals surface area contributed by atoms with Crippen LogP contribution in [0.3, 0.4) is 0 Å². The molecule has 10 aromatic rings. The summed E-state index contributed by atoms with van der Waals surface area (Å²) in [6.07, 6.45) is 0. The summed E-state index contributed by atoms with van der Waals surface area (Å²) in [7, 11) is 0. The molecule has 1 aliphatic carbocycles. The molecule has 1 aromatic heterocycles. The second-order valence-corrected chi connectivity index (χ2v) is 17.2. The Balaban J connectivity index is 1.02. The van der Waals surface area contributed by atoms with Gasteiger partial charge in [0.05, 0.1) is 5.69 Å². The Bertz CT molecular complexity index is 3170. The SMILES string of the molecule is CC1(C)c2cc(-c3ccc(-c4ccccc4)cc3)ccc2-c2ccc(N(c3cccc(-c4ccc5sc6ccccc6c5c4)c3)c3ccccc3-c3ccccc3)cc21. The molecule has 59 heavy (non-hydrogen) atoms. The summed E-state index contributed by atoms with van der Waals surface area (Å²) in [6, 6.07) is 78.1. The predicted octanol–water partition coefficient (Wildman–Crippen LogP) is 16.5. The number of fused-ring (bicyclic) bond motifs is 6. The van der Waals surface area contributed by atoms with Crippen LogP contribution in [0.4, 0.5) is 17.1 Å². The lowest BCUT2D eigenvalue weighted by molar-refractivity contribution is 0.660. The number of anilines is 3. The van der Waals surface area contributed by atoms with E-state index >= 15 is 0 Å². The van der Waals surface area contributed by atoms with Gasteiger partial charge in [-0.1, -0.05) is 172 Å². The van der Waals surface area contributed by atoms with Crippen molar-refractivity contribution in [2.45, 2.75) is 19.3 Å². The van der Waals surface area contributed by atoms with Crippen LogP contribution in [0.15, 0.2) is 212 Å². The van der Waals surface area contributed by atoms with Gasteiger partial charge in [0.1, 0.15) is 0 Å². The Kier molecular flexibility index (Phi) is 8.43. The van der Waals surface area contributed by atoms with Crippen molar-refractivity contribution < 1.29 is 0 Å². The van der Waals surface area contributed by atoms with Gasteiger partial charge in [0.2, 0.25) is 0 Å². The molecule has 1 aliphatic rings. The minimum Gasteiger partial charge on any atom is -0.310 e. The summed E-state index contributed by atoms with van der Waals surface area (Å²) in [5, 5.41) is 2.63. The molecule has 1 heterocycles. The van der Waals surface area contributed by atoms with E-state index in [1.165, 1.54) is 86.9 Å². The van der Waals surface area contributed by atoms with Crippen LogP contribution in [0.1, 0.15) is 25.0 Å². The fourth-order valence-electron chi connectivity index (χ4n) is 9.22. The van der Waals surface area contributed by atoms with Crippen molar-refractivity contribution in [3.63, 3.8) is 0 Å². The average Bonchev–Trinajstić information content (AvgIpc) is 3.78. The smallest absolute Gasteiger partial charge is 0.0540 e. The monoisotopic (exact) mass is 771 g/mol. The quantitative estimate of drug-likeness (QED) is 0.156. The molecule has 0 atom stereocenters. The fraction of sp³-hybridized carbons (Fsp3) is 0.0526. The molecular weight excluding hydrogens is 731 g/mol. The van der Waals surface area contributed by atoms with Gasteiger partial charge in [-0.3, -0.25) is 0 Å². The summed E-state index contributed by atoms with van der Waals surface area (Å²) < 4.78 is 2.65. The Hall–Kier alpha value is -7.00. The van der Waals surface area contributed by atoms with Gasteiger partial charge in [-0.2, -0.15) is 0 Å². The molecule has 0 bridgehead atoms. The molecule has 9 aromatic carbocycles. The van der Waals surface area contributed by atoms with Gasteiger partial charge in [0.15, 0.2) is 0 Å². The van der Waals surface area contributed by atoms with Crippen LogP contribution in [0.25, 0.3) is 75.8 Å². The van der Waals surface area contributed by atoms with E-state index in [1.807, 2.05) is 11.3 Å². The molecule has 11 rings (SSSR count). The molecule has 0 fully saturated rings. The van der Waals surface area contributed by atoms with E-state index in [0.29, 0.717) is 0 Å². The van der Waals surface area contributed by atoms with E-state index in [4.69, 9.17) is 0 Å². The number of benzene rings is 9. The van der Waals surface area contributed by atoms with Crippen molar-refractivity contribution >= 4 is 48.6 Å². The minimum absolute atomic E-state index is 0.203. The summed E-state index contributed by atoms with van der Waals surface area (Å²) in [5.74, 6) is 0. The highest BCUT2D eigenvalue weighted by Crippen LogP contribution is 2.52. The Morgan fingerprint density at radius 1 is 0.339 bits per heavy atom. The van der Waals surface area contributed by atoms with Gasteiger partial charge in [0, 0.05) is 42.5 Å². The van der Waals surface area contributed by atoms with Gasteiger partial charge in [-0.05, 0) is 116 Å². The normalized spacial score (nSPS) is 12.7. The standard InChI is InChI=1S/C57H41NS/c1-57(2)52-36-44(40-26-24-39(25-27-40)38-14-5-3-6-15-38)28-31-48(52)49-32-30-46(37-53(49)57)58(54-22-11-9-20-47(54)41-16-7-4-8-17-41)45-19-13-18-42(34-45)43-29-33-56-51(35-43)50-21-10-12-23-55(50)59-56/h3-37H,1-2H3. The van der Waals surface area contributed by atoms with E-state index in [1.54, 1.807) is 0 Å². The van der Waals surface area contributed by atoms with Crippen molar-refractivity contribution in [3.8, 4) is 55.6 Å². The molecule has 0 unspecified atom stereocenters. The van der Waals surface area contributed by atoms with Gasteiger partial charge in [0.25, 0.3) is 0 Å². The maximum Gasteiger partial charge on any atom is 0.0540 e. The third-order valence-electron chi connectivity index (χ3n) is 12.3. The molecular formula is C57H41NS. The first-order valence-electron chi connectivity index (χ1n) is 20.4. The zero-order valence-electron chi connectivity index (χ0n) is 33.1. The van der Waals surface area contributed by atoms with Crippen LogP contribution in [-0.2, 0) is 5.41 Å². The van der Waals surface area contributed by atoms with Gasteiger partial charge >= 0.3 is 0 Å². The number of para-hydroxylation sites is 1. The van der Waals surface area contributed by atoms with Crippen LogP contribution in [0.5, 0.6) is 0 Å². The van der Waals surface area contributed by atoms with E-state index in [2.05, 4.69) is 231 Å². The van der Waals surface area contributed by atoms with Crippen molar-refractivity contribution in [3.05, 3.63) is 223 Å². The molecule has 0 saturated carbocycles. The molecule has 2 heteroatoms. The molecule has 0 saturated heterocycles. The van der Waals surface area contributed by atoms with Gasteiger partial charge in [-0.15, -0.1) is 11.3 Å². The van der Waals surface area contributed by atoms with Gasteiger partial charge in [-0.25, -0.2) is 0 Å². The largest absolute Gasteiger partial charge is 0.310 e. The molecule has 1 nitrogen and oxygen atoms in total. The summed E-state index contributed by atoms with van der Waals surface area (Å²) in [6.45, 7) is 4.77. The van der Waals surface area contributed by atoms with Crippen LogP contribution in [0, 0.1) is 0 Å². The lowest BCUT2D eigenvalue weighted by atomic mass is 9.81. The second-order valence-electron chi connectivity index (χ2n) is 16.1. The number of nitrogens with zero attached hydrogens (tertiary/aromatic N) is 1. The van der Waals surface area contributed by atoms with Crippen LogP contribution in [-0.4, -0.2) is 0 Å². The molecule has 0 amide bonds. The number of thiophene rings is 1. The Labute approximate surface area is 350 Å². The third-order valence-corrected chi connectivity index (χ3v) is 13.4. The first kappa shape index (κ1) is 35.2. The highest BCUT2D eigenvalue weighted by molar-refractivity contribution is 7.25. The molecule has 0 N–H and O–H groups in total. The van der Waals surface area contributed by atoms with Gasteiger partial charge < -0.3 is 4.90 Å². The van der Waals surface area contributed by atoms with Crippen molar-refractivity contribution in [1.82, 2.24) is 0 Å². The van der Waals surface area contributed by atoms with Crippen LogP contribution in [0.2, 0.25) is 0 Å². The number of rotatable bonds is 7. The summed E-state index contributed by atoms with van der Waals surface area (Å²) in [5.41, 5.74) is 18.3. The lowest BCUT2D eigenvalue weighted by Crippen LogP contribution is -2.17. The Morgan fingerprint density at radius 3 is 1.66 bits per heavy atom. The molecule has 0 aliphatic heterocycles. The zero-order valence-corrected chi connectivity index (χ0v) is 33.9. The minimum atomic E-state index is -0.203. The first-order chi connectivity index (χ1) is 29.0.